The van der Waals surface area contributed by atoms with Crippen LogP contribution < -0.4 is 10.1 Å². The molecule has 1 heterocycles. The number of hydrogen-bond acceptors (Lipinski definition) is 3. The monoisotopic (exact) mass is 456 g/mol. The molecule has 33 heavy (non-hydrogen) atoms. The number of amides is 2. The normalized spacial score (nSPS) is 42.2. The minimum Gasteiger partial charge on any atom is -0.497 e. The van der Waals surface area contributed by atoms with Gasteiger partial charge in [0.1, 0.15) is 5.75 Å². The van der Waals surface area contributed by atoms with E-state index in [1.165, 1.54) is 0 Å². The summed E-state index contributed by atoms with van der Waals surface area (Å²) in [5, 5.41) is 3.15. The van der Waals surface area contributed by atoms with Crippen molar-refractivity contribution in [1.29, 1.82) is 0 Å². The fourth-order valence-electron chi connectivity index (χ4n) is 8.57. The molecule has 8 atom stereocenters. The Labute approximate surface area is 196 Å². The molecule has 0 spiro atoms. The van der Waals surface area contributed by atoms with E-state index in [4.69, 9.17) is 4.74 Å². The lowest BCUT2D eigenvalue weighted by molar-refractivity contribution is -0.169. The van der Waals surface area contributed by atoms with E-state index in [0.29, 0.717) is 24.2 Å². The van der Waals surface area contributed by atoms with Crippen LogP contribution in [0.3, 0.4) is 0 Å². The molecule has 0 aromatic heterocycles. The number of nitrogens with zero attached hydrogens (tertiary/aromatic N) is 1. The Balaban J connectivity index is 1.36. The van der Waals surface area contributed by atoms with Crippen molar-refractivity contribution >= 4 is 17.5 Å². The molecule has 5 rings (SSSR count). The van der Waals surface area contributed by atoms with E-state index >= 15 is 0 Å². The van der Waals surface area contributed by atoms with Crippen molar-refractivity contribution in [2.75, 3.05) is 19.5 Å². The Bertz CT molecular complexity index is 953. The maximum Gasteiger partial charge on any atom is 0.257 e. The first-order chi connectivity index (χ1) is 15.7. The quantitative estimate of drug-likeness (QED) is 0.692. The Morgan fingerprint density at radius 1 is 1.12 bits per heavy atom. The van der Waals surface area contributed by atoms with Gasteiger partial charge in [0.15, 0.2) is 6.17 Å². The predicted octanol–water partition coefficient (Wildman–Crippen LogP) is 5.06. The molecule has 0 radical (unpaired) electrons. The standard InChI is InChI=1S/C27H37FN2O3/c1-26-13-12-20-18(8-11-23-27(20,2)15-22(28)25(32)30(23)3)19(26)9-10-21(26)24(31)29-16-6-5-7-17(14-16)33-4/h5-7,14,18-23H,8-13,15H2,1-4H3,(H,29,31)/t18?,19-,20?,21+,22+,23+,26-,27+/m0/s1. The molecule has 2 unspecified atom stereocenters. The highest BCUT2D eigenvalue weighted by atomic mass is 19.1. The zero-order chi connectivity index (χ0) is 23.5. The molecular formula is C27H37FN2O3. The highest BCUT2D eigenvalue weighted by Gasteiger charge is 2.63. The number of carbonyl (C=O) groups excluding carboxylic acids is 2. The summed E-state index contributed by atoms with van der Waals surface area (Å²) in [4.78, 5) is 27.4. The molecule has 1 N–H and O–H groups in total. The van der Waals surface area contributed by atoms with Crippen molar-refractivity contribution < 1.29 is 18.7 Å². The zero-order valence-electron chi connectivity index (χ0n) is 20.3. The molecule has 1 aromatic rings. The minimum absolute atomic E-state index is 0.00953. The van der Waals surface area contributed by atoms with Gasteiger partial charge in [-0.2, -0.15) is 0 Å². The number of piperidine rings is 1. The second-order valence-electron chi connectivity index (χ2n) is 11.5. The van der Waals surface area contributed by atoms with Gasteiger partial charge in [0.05, 0.1) is 7.11 Å². The van der Waals surface area contributed by atoms with E-state index < -0.39 is 6.17 Å². The molecule has 2 amide bonds. The number of nitrogens with one attached hydrogen (secondary N) is 1. The number of alkyl halides is 1. The SMILES string of the molecule is COc1cccc(NC(=O)[C@H]2CC[C@H]3C4CC[C@H]5N(C)C(=O)[C@H](F)C[C@]5(C)C4CC[C@]23C)c1. The molecule has 1 aliphatic heterocycles. The van der Waals surface area contributed by atoms with E-state index in [9.17, 15) is 14.0 Å². The van der Waals surface area contributed by atoms with Gasteiger partial charge in [0, 0.05) is 30.8 Å². The number of rotatable bonds is 3. The van der Waals surface area contributed by atoms with Crippen LogP contribution in [0.25, 0.3) is 0 Å². The molecule has 1 saturated heterocycles. The summed E-state index contributed by atoms with van der Waals surface area (Å²) >= 11 is 0. The molecule has 5 nitrogen and oxygen atoms in total. The highest BCUT2D eigenvalue weighted by Crippen LogP contribution is 2.66. The number of methoxy groups -OCH3 is 1. The number of fused-ring (bicyclic) bond motifs is 5. The number of anilines is 1. The predicted molar refractivity (Wildman–Crippen MR) is 126 cm³/mol. The Morgan fingerprint density at radius 3 is 2.64 bits per heavy atom. The molecule has 180 valence electrons. The second kappa shape index (κ2) is 7.99. The molecule has 4 fully saturated rings. The largest absolute Gasteiger partial charge is 0.497 e. The van der Waals surface area contributed by atoms with Crippen LogP contribution in [0.4, 0.5) is 10.1 Å². The average Bonchev–Trinajstić information content (AvgIpc) is 3.15. The van der Waals surface area contributed by atoms with Crippen LogP contribution in [0.5, 0.6) is 5.75 Å². The van der Waals surface area contributed by atoms with E-state index in [2.05, 4.69) is 19.2 Å². The maximum atomic E-state index is 14.7. The van der Waals surface area contributed by atoms with Crippen molar-refractivity contribution in [3.8, 4) is 5.75 Å². The molecule has 3 aliphatic carbocycles. The molecule has 1 aromatic carbocycles. The van der Waals surface area contributed by atoms with Crippen molar-refractivity contribution in [3.63, 3.8) is 0 Å². The van der Waals surface area contributed by atoms with Crippen molar-refractivity contribution in [2.24, 2.45) is 34.5 Å². The van der Waals surface area contributed by atoms with Crippen LogP contribution in [0.1, 0.15) is 58.8 Å². The van der Waals surface area contributed by atoms with Gasteiger partial charge in [-0.3, -0.25) is 9.59 Å². The van der Waals surface area contributed by atoms with Gasteiger partial charge < -0.3 is 15.0 Å². The smallest absolute Gasteiger partial charge is 0.257 e. The van der Waals surface area contributed by atoms with Gasteiger partial charge in [-0.25, -0.2) is 4.39 Å². The van der Waals surface area contributed by atoms with Crippen LogP contribution in [-0.2, 0) is 9.59 Å². The molecule has 4 aliphatic rings. The van der Waals surface area contributed by atoms with Gasteiger partial charge >= 0.3 is 0 Å². The summed E-state index contributed by atoms with van der Waals surface area (Å²) in [5.74, 6) is 1.90. The van der Waals surface area contributed by atoms with Gasteiger partial charge in [-0.1, -0.05) is 19.9 Å². The third kappa shape index (κ3) is 3.38. The summed E-state index contributed by atoms with van der Waals surface area (Å²) in [5.41, 5.74) is 0.573. The third-order valence-corrected chi connectivity index (χ3v) is 10.2. The second-order valence-corrected chi connectivity index (χ2v) is 11.5. The van der Waals surface area contributed by atoms with Crippen LogP contribution in [0.2, 0.25) is 0 Å². The Kier molecular flexibility index (Phi) is 5.49. The van der Waals surface area contributed by atoms with Gasteiger partial charge in [0.2, 0.25) is 5.91 Å². The maximum absolute atomic E-state index is 14.7. The number of hydrogen-bond donors (Lipinski definition) is 1. The summed E-state index contributed by atoms with van der Waals surface area (Å²) < 4.78 is 20.0. The summed E-state index contributed by atoms with van der Waals surface area (Å²) in [6.07, 6.45) is 4.96. The number of likely N-dealkylation sites (tertiary alicyclic amines) is 1. The molecule has 0 bridgehead atoms. The van der Waals surface area contributed by atoms with E-state index in [-0.39, 0.29) is 34.6 Å². The number of carbonyl (C=O) groups is 2. The van der Waals surface area contributed by atoms with Crippen LogP contribution in [-0.4, -0.2) is 43.1 Å². The lowest BCUT2D eigenvalue weighted by Gasteiger charge is -2.62. The first kappa shape index (κ1) is 22.7. The van der Waals surface area contributed by atoms with E-state index in [1.807, 2.05) is 24.3 Å². The summed E-state index contributed by atoms with van der Waals surface area (Å²) in [7, 11) is 3.42. The van der Waals surface area contributed by atoms with Crippen LogP contribution in [0, 0.1) is 34.5 Å². The first-order valence-corrected chi connectivity index (χ1v) is 12.5. The molecular weight excluding hydrogens is 419 g/mol. The molecule has 3 saturated carbocycles. The number of ether oxygens (including phenoxy) is 1. The van der Waals surface area contributed by atoms with Gasteiger partial charge in [-0.05, 0) is 85.7 Å². The minimum atomic E-state index is -1.38. The number of halogens is 1. The third-order valence-electron chi connectivity index (χ3n) is 10.2. The summed E-state index contributed by atoms with van der Waals surface area (Å²) in [6.45, 7) is 4.55. The van der Waals surface area contributed by atoms with Crippen molar-refractivity contribution in [3.05, 3.63) is 24.3 Å². The lowest BCUT2D eigenvalue weighted by atomic mass is 9.46. The van der Waals surface area contributed by atoms with E-state index in [1.54, 1.807) is 19.1 Å². The Morgan fingerprint density at radius 2 is 1.88 bits per heavy atom. The van der Waals surface area contributed by atoms with Gasteiger partial charge in [-0.15, -0.1) is 0 Å². The van der Waals surface area contributed by atoms with Crippen molar-refractivity contribution in [2.45, 2.75) is 71.0 Å². The van der Waals surface area contributed by atoms with Crippen molar-refractivity contribution in [1.82, 2.24) is 4.90 Å². The fraction of sp³-hybridized carbons (Fsp3) is 0.704. The highest BCUT2D eigenvalue weighted by molar-refractivity contribution is 5.93. The molecule has 6 heteroatoms. The zero-order valence-corrected chi connectivity index (χ0v) is 20.3. The van der Waals surface area contributed by atoms with E-state index in [0.717, 1.165) is 50.0 Å². The average molecular weight is 457 g/mol. The van der Waals surface area contributed by atoms with Gasteiger partial charge in [0.25, 0.3) is 5.91 Å². The Hall–Kier alpha value is -2.11. The fourth-order valence-corrected chi connectivity index (χ4v) is 8.57. The first-order valence-electron chi connectivity index (χ1n) is 12.5. The topological polar surface area (TPSA) is 58.6 Å². The van der Waals surface area contributed by atoms with Crippen LogP contribution >= 0.6 is 0 Å². The summed E-state index contributed by atoms with van der Waals surface area (Å²) in [6, 6.07) is 7.67. The van der Waals surface area contributed by atoms with Crippen LogP contribution in [0.15, 0.2) is 24.3 Å². The lowest BCUT2D eigenvalue weighted by Crippen LogP contribution is -2.64. The number of benzene rings is 1.